The lowest BCUT2D eigenvalue weighted by Crippen LogP contribution is -2.26. The number of hydrogen-bond donors (Lipinski definition) is 3. The molecule has 0 aromatic carbocycles. The molecule has 0 atom stereocenters. The van der Waals surface area contributed by atoms with Gasteiger partial charge in [0.25, 0.3) is 5.56 Å². The van der Waals surface area contributed by atoms with Crippen LogP contribution in [0.4, 0.5) is 0 Å². The van der Waals surface area contributed by atoms with Gasteiger partial charge >= 0.3 is 0 Å². The van der Waals surface area contributed by atoms with E-state index in [1.165, 1.54) is 16.8 Å². The van der Waals surface area contributed by atoms with Crippen LogP contribution in [0.1, 0.15) is 42.1 Å². The highest BCUT2D eigenvalue weighted by Gasteiger charge is 2.20. The largest absolute Gasteiger partial charge is 0.362 e. The van der Waals surface area contributed by atoms with Crippen LogP contribution in [0.2, 0.25) is 0 Å². The first-order valence-corrected chi connectivity index (χ1v) is 10.6. The fourth-order valence-electron chi connectivity index (χ4n) is 3.96. The minimum absolute atomic E-state index is 0.187. The second-order valence-electron chi connectivity index (χ2n) is 7.89. The van der Waals surface area contributed by atoms with Crippen LogP contribution >= 0.6 is 0 Å². The van der Waals surface area contributed by atoms with E-state index in [1.54, 1.807) is 18.6 Å². The first-order chi connectivity index (χ1) is 14.4. The topological polar surface area (TPSA) is 96.7 Å². The number of nitrogens with zero attached hydrogens (tertiary/aromatic N) is 4. The summed E-state index contributed by atoms with van der Waals surface area (Å²) in [6, 6.07) is 0. The standard InChI is InChI=1S/C22H33N7O/c1-6-29(7-2)11-8-16-15(3)26-19(18(16)14-28(4)5)12-20-21(24-10-9-23-20)17-13-25-27-22(17)30/h9-10,13,26H,6-8,11-12,14H2,1-5H3,(H2,25,27,30). The predicted molar refractivity (Wildman–Crippen MR) is 120 cm³/mol. The molecule has 3 aromatic rings. The van der Waals surface area contributed by atoms with Gasteiger partial charge in [-0.25, -0.2) is 0 Å². The summed E-state index contributed by atoms with van der Waals surface area (Å²) in [5.74, 6) is 0. The molecule has 0 unspecified atom stereocenters. The van der Waals surface area contributed by atoms with Crippen LogP contribution in [0.15, 0.2) is 23.4 Å². The molecule has 0 aliphatic heterocycles. The Morgan fingerprint density at radius 3 is 2.43 bits per heavy atom. The second kappa shape index (κ2) is 9.86. The van der Waals surface area contributed by atoms with E-state index in [9.17, 15) is 4.79 Å². The van der Waals surface area contributed by atoms with Crippen LogP contribution in [-0.2, 0) is 19.4 Å². The normalized spacial score (nSPS) is 11.7. The number of hydrogen-bond acceptors (Lipinski definition) is 5. The first kappa shape index (κ1) is 22.0. The van der Waals surface area contributed by atoms with E-state index in [-0.39, 0.29) is 5.56 Å². The van der Waals surface area contributed by atoms with Crippen molar-refractivity contribution in [1.82, 2.24) is 34.9 Å². The van der Waals surface area contributed by atoms with Crippen molar-refractivity contribution in [2.45, 2.75) is 40.2 Å². The summed E-state index contributed by atoms with van der Waals surface area (Å²) in [5, 5.41) is 5.33. The third-order valence-electron chi connectivity index (χ3n) is 5.59. The van der Waals surface area contributed by atoms with Gasteiger partial charge in [0, 0.05) is 49.5 Å². The minimum atomic E-state index is -0.187. The van der Waals surface area contributed by atoms with Gasteiger partial charge in [-0.15, -0.1) is 0 Å². The number of aromatic nitrogens is 5. The van der Waals surface area contributed by atoms with Crippen LogP contribution < -0.4 is 5.56 Å². The quantitative estimate of drug-likeness (QED) is 0.476. The Hall–Kier alpha value is -2.71. The Morgan fingerprint density at radius 2 is 1.80 bits per heavy atom. The van der Waals surface area contributed by atoms with E-state index in [0.717, 1.165) is 44.0 Å². The molecule has 0 saturated heterocycles. The van der Waals surface area contributed by atoms with Crippen molar-refractivity contribution in [2.24, 2.45) is 0 Å². The Kier molecular flexibility index (Phi) is 7.23. The lowest BCUT2D eigenvalue weighted by atomic mass is 10.0. The third-order valence-corrected chi connectivity index (χ3v) is 5.59. The van der Waals surface area contributed by atoms with Crippen LogP contribution in [-0.4, -0.2) is 68.7 Å². The molecule has 30 heavy (non-hydrogen) atoms. The molecule has 3 N–H and O–H groups in total. The summed E-state index contributed by atoms with van der Waals surface area (Å²) in [4.78, 5) is 29.4. The Balaban J connectivity index is 1.96. The average molecular weight is 412 g/mol. The average Bonchev–Trinajstić information content (AvgIpc) is 3.26. The number of likely N-dealkylation sites (N-methyl/N-ethyl adjacent to an activating group) is 1. The zero-order valence-electron chi connectivity index (χ0n) is 18.7. The van der Waals surface area contributed by atoms with Crippen LogP contribution in [0.3, 0.4) is 0 Å². The van der Waals surface area contributed by atoms with Crippen LogP contribution in [0, 0.1) is 6.92 Å². The van der Waals surface area contributed by atoms with Crippen molar-refractivity contribution in [2.75, 3.05) is 33.7 Å². The van der Waals surface area contributed by atoms with E-state index >= 15 is 0 Å². The van der Waals surface area contributed by atoms with Gasteiger partial charge in [-0.05, 0) is 51.7 Å². The molecule has 0 aliphatic carbocycles. The smallest absolute Gasteiger partial charge is 0.273 e. The molecule has 0 spiro atoms. The fourth-order valence-corrected chi connectivity index (χ4v) is 3.96. The minimum Gasteiger partial charge on any atom is -0.362 e. The van der Waals surface area contributed by atoms with E-state index in [1.807, 2.05) is 0 Å². The Morgan fingerprint density at radius 1 is 1.07 bits per heavy atom. The summed E-state index contributed by atoms with van der Waals surface area (Å²) in [5.41, 5.74) is 6.79. The van der Waals surface area contributed by atoms with Gasteiger partial charge in [0.1, 0.15) is 0 Å². The van der Waals surface area contributed by atoms with E-state index in [2.05, 4.69) is 69.8 Å². The van der Waals surface area contributed by atoms with Crippen molar-refractivity contribution in [3.63, 3.8) is 0 Å². The molecular weight excluding hydrogens is 378 g/mol. The SMILES string of the molecule is CCN(CC)CCc1c(C)[nH]c(Cc2nccnc2-c2c[nH][nH]c2=O)c1CN(C)C. The van der Waals surface area contributed by atoms with E-state index < -0.39 is 0 Å². The summed E-state index contributed by atoms with van der Waals surface area (Å²) in [7, 11) is 4.18. The van der Waals surface area contributed by atoms with Crippen molar-refractivity contribution < 1.29 is 0 Å². The first-order valence-electron chi connectivity index (χ1n) is 10.6. The molecule has 3 aromatic heterocycles. The van der Waals surface area contributed by atoms with Gasteiger partial charge < -0.3 is 19.9 Å². The summed E-state index contributed by atoms with van der Waals surface area (Å²) in [6.45, 7) is 10.6. The highest BCUT2D eigenvalue weighted by molar-refractivity contribution is 5.60. The Labute approximate surface area is 177 Å². The van der Waals surface area contributed by atoms with Crippen molar-refractivity contribution >= 4 is 0 Å². The predicted octanol–water partition coefficient (Wildman–Crippen LogP) is 2.33. The fraction of sp³-hybridized carbons (Fsp3) is 0.500. The number of aryl methyl sites for hydroxylation is 1. The maximum Gasteiger partial charge on any atom is 0.273 e. The lowest BCUT2D eigenvalue weighted by Gasteiger charge is -2.19. The molecule has 8 heteroatoms. The van der Waals surface area contributed by atoms with E-state index in [0.29, 0.717) is 17.7 Å². The van der Waals surface area contributed by atoms with Crippen LogP contribution in [0.25, 0.3) is 11.3 Å². The molecular formula is C22H33N7O. The maximum atomic E-state index is 12.1. The van der Waals surface area contributed by atoms with Crippen LogP contribution in [0.5, 0.6) is 0 Å². The number of rotatable bonds is 10. The molecule has 0 amide bonds. The van der Waals surface area contributed by atoms with E-state index in [4.69, 9.17) is 0 Å². The zero-order chi connectivity index (χ0) is 21.7. The Bertz CT molecular complexity index is 1010. The molecule has 3 rings (SSSR count). The number of H-pyrrole nitrogens is 3. The van der Waals surface area contributed by atoms with Gasteiger partial charge in [0.05, 0.1) is 17.0 Å². The molecule has 3 heterocycles. The molecule has 8 nitrogen and oxygen atoms in total. The molecule has 162 valence electrons. The second-order valence-corrected chi connectivity index (χ2v) is 7.89. The highest BCUT2D eigenvalue weighted by atomic mass is 16.1. The number of aromatic amines is 3. The molecule has 0 aliphatic rings. The van der Waals surface area contributed by atoms with Crippen molar-refractivity contribution in [1.29, 1.82) is 0 Å². The molecule has 0 fully saturated rings. The summed E-state index contributed by atoms with van der Waals surface area (Å²) < 4.78 is 0. The van der Waals surface area contributed by atoms with Gasteiger partial charge in [-0.2, -0.15) is 0 Å². The van der Waals surface area contributed by atoms with Crippen molar-refractivity contribution in [3.05, 3.63) is 57.2 Å². The summed E-state index contributed by atoms with van der Waals surface area (Å²) in [6.07, 6.45) is 6.57. The van der Waals surface area contributed by atoms with Gasteiger partial charge in [0.15, 0.2) is 0 Å². The lowest BCUT2D eigenvalue weighted by molar-refractivity contribution is 0.307. The van der Waals surface area contributed by atoms with Gasteiger partial charge in [-0.3, -0.25) is 19.9 Å². The van der Waals surface area contributed by atoms with Gasteiger partial charge in [-0.1, -0.05) is 13.8 Å². The van der Waals surface area contributed by atoms with Crippen molar-refractivity contribution in [3.8, 4) is 11.3 Å². The monoisotopic (exact) mass is 411 g/mol. The highest BCUT2D eigenvalue weighted by Crippen LogP contribution is 2.25. The molecule has 0 bridgehead atoms. The van der Waals surface area contributed by atoms with Gasteiger partial charge in [0.2, 0.25) is 0 Å². The molecule has 0 saturated carbocycles. The molecule has 0 radical (unpaired) electrons. The third kappa shape index (κ3) is 4.88. The summed E-state index contributed by atoms with van der Waals surface area (Å²) >= 11 is 0. The maximum absolute atomic E-state index is 12.1. The zero-order valence-corrected chi connectivity index (χ0v) is 18.7. The number of nitrogens with one attached hydrogen (secondary N) is 3.